The fourth-order valence-corrected chi connectivity index (χ4v) is 2.43. The van der Waals surface area contributed by atoms with Crippen molar-refractivity contribution in [2.24, 2.45) is 0 Å². The molecule has 1 aromatic carbocycles. The van der Waals surface area contributed by atoms with E-state index in [-0.39, 0.29) is 11.7 Å². The summed E-state index contributed by atoms with van der Waals surface area (Å²) in [5.74, 6) is 0.246. The first-order valence-corrected chi connectivity index (χ1v) is 6.99. The second-order valence-corrected chi connectivity index (χ2v) is 5.16. The monoisotopic (exact) mass is 270 g/mol. The number of nitrogens with two attached hydrogens (primary N) is 1. The Hall–Kier alpha value is -1.56. The van der Waals surface area contributed by atoms with E-state index in [1.165, 1.54) is 7.11 Å². The van der Waals surface area contributed by atoms with Gasteiger partial charge in [-0.1, -0.05) is 6.92 Å². The molecule has 1 rings (SSSR count). The van der Waals surface area contributed by atoms with Gasteiger partial charge in [-0.2, -0.15) is 0 Å². The number of ether oxygens (including phenoxy) is 1. The predicted molar refractivity (Wildman–Crippen MR) is 72.0 cm³/mol. The number of benzene rings is 1. The van der Waals surface area contributed by atoms with Crippen LogP contribution in [0.3, 0.4) is 0 Å². The third kappa shape index (κ3) is 4.03. The smallest absolute Gasteiger partial charge is 0.233 e. The third-order valence-corrected chi connectivity index (χ3v) is 3.67. The molecule has 0 aliphatic carbocycles. The highest BCUT2D eigenvalue weighted by molar-refractivity contribution is 7.86. The van der Waals surface area contributed by atoms with Crippen LogP contribution in [-0.4, -0.2) is 29.5 Å². The molecule has 5 nitrogen and oxygen atoms in total. The van der Waals surface area contributed by atoms with Crippen molar-refractivity contribution in [1.82, 2.24) is 5.32 Å². The number of nitrogen functional groups attached to an aromatic ring is 1. The number of hydrogen-bond acceptors (Lipinski definition) is 4. The number of nitrogens with one attached hydrogen (secondary N) is 1. The van der Waals surface area contributed by atoms with Crippen LogP contribution in [0.5, 0.6) is 5.75 Å². The third-order valence-electron chi connectivity index (χ3n) is 2.30. The van der Waals surface area contributed by atoms with Crippen LogP contribution in [0, 0.1) is 0 Å². The topological polar surface area (TPSA) is 81.4 Å². The lowest BCUT2D eigenvalue weighted by Gasteiger charge is -2.08. The lowest BCUT2D eigenvalue weighted by molar-refractivity contribution is -0.118. The number of carbonyl (C=O) groups is 1. The Kier molecular flexibility index (Phi) is 5.64. The maximum absolute atomic E-state index is 12.0. The molecule has 0 fully saturated rings. The summed E-state index contributed by atoms with van der Waals surface area (Å²) in [5.41, 5.74) is 6.14. The molecule has 6 heteroatoms. The van der Waals surface area contributed by atoms with Gasteiger partial charge in [0.25, 0.3) is 0 Å². The van der Waals surface area contributed by atoms with Crippen molar-refractivity contribution in [3.8, 4) is 5.75 Å². The average Bonchev–Trinajstić information content (AvgIpc) is 2.36. The second kappa shape index (κ2) is 7.00. The Morgan fingerprint density at radius 1 is 1.50 bits per heavy atom. The van der Waals surface area contributed by atoms with Gasteiger partial charge in [-0.25, -0.2) is 0 Å². The molecule has 0 aromatic heterocycles. The molecule has 1 amide bonds. The Morgan fingerprint density at radius 2 is 2.22 bits per heavy atom. The van der Waals surface area contributed by atoms with Gasteiger partial charge in [0, 0.05) is 12.2 Å². The van der Waals surface area contributed by atoms with Crippen LogP contribution in [0.25, 0.3) is 0 Å². The molecule has 1 atom stereocenters. The van der Waals surface area contributed by atoms with E-state index in [0.717, 1.165) is 6.42 Å². The van der Waals surface area contributed by atoms with E-state index in [4.69, 9.17) is 10.5 Å². The Labute approximate surface area is 109 Å². The highest BCUT2D eigenvalue weighted by atomic mass is 32.2. The van der Waals surface area contributed by atoms with E-state index < -0.39 is 10.8 Å². The second-order valence-electron chi connectivity index (χ2n) is 3.74. The van der Waals surface area contributed by atoms with Gasteiger partial charge < -0.3 is 15.8 Å². The van der Waals surface area contributed by atoms with Gasteiger partial charge in [0.15, 0.2) is 0 Å². The zero-order valence-corrected chi connectivity index (χ0v) is 11.4. The van der Waals surface area contributed by atoms with E-state index in [1.54, 1.807) is 18.2 Å². The molecular weight excluding hydrogens is 252 g/mol. The van der Waals surface area contributed by atoms with Crippen molar-refractivity contribution in [2.45, 2.75) is 18.2 Å². The van der Waals surface area contributed by atoms with E-state index in [2.05, 4.69) is 5.32 Å². The lowest BCUT2D eigenvalue weighted by Crippen LogP contribution is -2.29. The van der Waals surface area contributed by atoms with Crippen LogP contribution in [0.2, 0.25) is 0 Å². The molecule has 100 valence electrons. The van der Waals surface area contributed by atoms with Crippen molar-refractivity contribution in [3.63, 3.8) is 0 Å². The first-order valence-electron chi connectivity index (χ1n) is 5.67. The van der Waals surface area contributed by atoms with Crippen molar-refractivity contribution in [1.29, 1.82) is 0 Å². The maximum atomic E-state index is 12.0. The SMILES string of the molecule is CCCNC(=O)CS(=O)c1cc(OC)ccc1N. The molecule has 0 bridgehead atoms. The van der Waals surface area contributed by atoms with Gasteiger partial charge in [0.05, 0.1) is 22.8 Å². The zero-order chi connectivity index (χ0) is 13.5. The molecule has 1 aromatic rings. The molecule has 0 aliphatic rings. The number of anilines is 1. The van der Waals surface area contributed by atoms with Crippen molar-refractivity contribution in [2.75, 3.05) is 25.1 Å². The summed E-state index contributed by atoms with van der Waals surface area (Å²) in [6.45, 7) is 2.54. The number of carbonyl (C=O) groups excluding carboxylic acids is 1. The number of methoxy groups -OCH3 is 1. The van der Waals surface area contributed by atoms with Gasteiger partial charge in [-0.15, -0.1) is 0 Å². The average molecular weight is 270 g/mol. The number of rotatable bonds is 6. The van der Waals surface area contributed by atoms with Crippen LogP contribution < -0.4 is 15.8 Å². The minimum atomic E-state index is -1.46. The molecule has 1 unspecified atom stereocenters. The van der Waals surface area contributed by atoms with E-state index in [9.17, 15) is 9.00 Å². The quantitative estimate of drug-likeness (QED) is 0.753. The molecule has 3 N–H and O–H groups in total. The van der Waals surface area contributed by atoms with Crippen molar-refractivity contribution in [3.05, 3.63) is 18.2 Å². The molecule has 18 heavy (non-hydrogen) atoms. The molecule has 0 heterocycles. The van der Waals surface area contributed by atoms with Gasteiger partial charge in [-0.05, 0) is 24.6 Å². The summed E-state index contributed by atoms with van der Waals surface area (Å²) in [6.07, 6.45) is 0.847. The van der Waals surface area contributed by atoms with Gasteiger partial charge in [-0.3, -0.25) is 9.00 Å². The molecule has 0 aliphatic heterocycles. The summed E-state index contributed by atoms with van der Waals surface area (Å²) in [4.78, 5) is 11.9. The lowest BCUT2D eigenvalue weighted by atomic mass is 10.3. The van der Waals surface area contributed by atoms with Crippen LogP contribution in [0.1, 0.15) is 13.3 Å². The van der Waals surface area contributed by atoms with E-state index in [1.807, 2.05) is 6.92 Å². The fourth-order valence-electron chi connectivity index (χ4n) is 1.35. The number of hydrogen-bond donors (Lipinski definition) is 2. The predicted octanol–water partition coefficient (Wildman–Crippen LogP) is 0.911. The standard InChI is InChI=1S/C12H18N2O3S/c1-3-6-14-12(15)8-18(16)11-7-9(17-2)4-5-10(11)13/h4-5,7H,3,6,8,13H2,1-2H3,(H,14,15). The molecule has 0 saturated carbocycles. The van der Waals surface area contributed by atoms with E-state index in [0.29, 0.717) is 22.9 Å². The maximum Gasteiger partial charge on any atom is 0.233 e. The van der Waals surface area contributed by atoms with E-state index >= 15 is 0 Å². The number of amides is 1. The summed E-state index contributed by atoms with van der Waals surface area (Å²) in [5, 5.41) is 2.68. The first kappa shape index (κ1) is 14.5. The molecule has 0 spiro atoms. The Morgan fingerprint density at radius 3 is 2.83 bits per heavy atom. The summed E-state index contributed by atoms with van der Waals surface area (Å²) in [6, 6.07) is 4.90. The minimum absolute atomic E-state index is 0.0859. The van der Waals surface area contributed by atoms with Gasteiger partial charge in [0.1, 0.15) is 11.5 Å². The minimum Gasteiger partial charge on any atom is -0.497 e. The van der Waals surface area contributed by atoms with Crippen LogP contribution >= 0.6 is 0 Å². The Balaban J connectivity index is 2.74. The Bertz CT molecular complexity index is 449. The van der Waals surface area contributed by atoms with Crippen LogP contribution in [0.15, 0.2) is 23.1 Å². The van der Waals surface area contributed by atoms with Crippen molar-refractivity contribution < 1.29 is 13.7 Å². The molecule has 0 radical (unpaired) electrons. The molecule has 0 saturated heterocycles. The normalized spacial score (nSPS) is 11.9. The largest absolute Gasteiger partial charge is 0.497 e. The summed E-state index contributed by atoms with van der Waals surface area (Å²) in [7, 11) is 0.0626. The molecular formula is C12H18N2O3S. The first-order chi connectivity index (χ1) is 8.58. The van der Waals surface area contributed by atoms with Crippen LogP contribution in [-0.2, 0) is 15.6 Å². The van der Waals surface area contributed by atoms with Gasteiger partial charge >= 0.3 is 0 Å². The zero-order valence-electron chi connectivity index (χ0n) is 10.6. The van der Waals surface area contributed by atoms with Gasteiger partial charge in [0.2, 0.25) is 5.91 Å². The van der Waals surface area contributed by atoms with Crippen LogP contribution in [0.4, 0.5) is 5.69 Å². The summed E-state index contributed by atoms with van der Waals surface area (Å²) >= 11 is 0. The fraction of sp³-hybridized carbons (Fsp3) is 0.417. The summed E-state index contributed by atoms with van der Waals surface area (Å²) < 4.78 is 17.1. The highest BCUT2D eigenvalue weighted by Crippen LogP contribution is 2.22. The van der Waals surface area contributed by atoms with Crippen molar-refractivity contribution >= 4 is 22.4 Å². The highest BCUT2D eigenvalue weighted by Gasteiger charge is 2.13.